The molecule has 0 saturated carbocycles. The van der Waals surface area contributed by atoms with Crippen LogP contribution in [0.25, 0.3) is 0 Å². The number of aryl methyl sites for hydroxylation is 1. The number of ether oxygens (including phenoxy) is 4. The largest absolute Gasteiger partial charge is 0.493 e. The number of nitrogens with two attached hydrogens (primary N) is 1. The predicted molar refractivity (Wildman–Crippen MR) is 144 cm³/mol. The van der Waals surface area contributed by atoms with Crippen molar-refractivity contribution in [2.45, 2.75) is 13.3 Å². The number of methoxy groups -OCH3 is 2. The van der Waals surface area contributed by atoms with Gasteiger partial charge in [-0.25, -0.2) is 9.97 Å². The van der Waals surface area contributed by atoms with E-state index in [9.17, 15) is 0 Å². The molecule has 1 heterocycles. The summed E-state index contributed by atoms with van der Waals surface area (Å²) in [6, 6.07) is 10.6. The zero-order valence-corrected chi connectivity index (χ0v) is 22.5. The van der Waals surface area contributed by atoms with Crippen molar-refractivity contribution >= 4 is 34.7 Å². The molecule has 0 aliphatic carbocycles. The quantitative estimate of drug-likeness (QED) is 0.247. The Morgan fingerprint density at radius 3 is 2.44 bits per heavy atom. The standard InChI is InChI=1S/C25H35Cl2N5O4/c1-19-15-24(36-12-4-9-32(10-13-33-2)11-14-35-17-28)23(34-3)7-8-25(30-18-29-19)31-20-5-6-21(26)22(27)16-20/h5-8,15-16,18H,4,9-14,17,28H2,1-3H3,(H,29,30,31). The molecule has 1 aromatic carbocycles. The molecule has 2 rings (SSSR count). The van der Waals surface area contributed by atoms with E-state index in [0.29, 0.717) is 52.9 Å². The van der Waals surface area contributed by atoms with Crippen LogP contribution in [0.3, 0.4) is 0 Å². The fraction of sp³-hybridized carbons (Fsp3) is 0.440. The molecule has 198 valence electrons. The Balaban J connectivity index is 2.14. The highest BCUT2D eigenvalue weighted by Crippen LogP contribution is 2.28. The maximum absolute atomic E-state index is 6.13. The van der Waals surface area contributed by atoms with Crippen molar-refractivity contribution in [1.29, 1.82) is 0 Å². The van der Waals surface area contributed by atoms with E-state index in [1.165, 1.54) is 6.33 Å². The van der Waals surface area contributed by atoms with E-state index in [4.69, 9.17) is 47.9 Å². The molecular formula is C25H35Cl2N5O4. The Bertz CT molecular complexity index is 998. The number of anilines is 2. The first-order valence-electron chi connectivity index (χ1n) is 11.6. The van der Waals surface area contributed by atoms with Crippen LogP contribution in [0.2, 0.25) is 10.0 Å². The molecule has 0 unspecified atom stereocenters. The van der Waals surface area contributed by atoms with Crippen molar-refractivity contribution < 1.29 is 18.9 Å². The summed E-state index contributed by atoms with van der Waals surface area (Å²) in [5.74, 6) is 1.66. The molecule has 0 aliphatic rings. The molecule has 11 heteroatoms. The summed E-state index contributed by atoms with van der Waals surface area (Å²) in [4.78, 5) is 11.0. The van der Waals surface area contributed by atoms with E-state index in [0.717, 1.165) is 31.7 Å². The number of nitrogens with zero attached hydrogens (tertiary/aromatic N) is 3. The molecule has 3 N–H and O–H groups in total. The number of aromatic nitrogens is 2. The van der Waals surface area contributed by atoms with Gasteiger partial charge in [0, 0.05) is 44.2 Å². The molecule has 0 radical (unpaired) electrons. The molecule has 0 bridgehead atoms. The van der Waals surface area contributed by atoms with Crippen molar-refractivity contribution in [3.63, 3.8) is 0 Å². The third-order valence-corrected chi connectivity index (χ3v) is 5.74. The van der Waals surface area contributed by atoms with Crippen LogP contribution in [0.4, 0.5) is 11.5 Å². The second kappa shape index (κ2) is 17.1. The minimum atomic E-state index is 0.215. The Hall–Kier alpha value is -2.40. The number of halogens is 2. The van der Waals surface area contributed by atoms with Gasteiger partial charge in [0.15, 0.2) is 11.5 Å². The van der Waals surface area contributed by atoms with Gasteiger partial charge in [0.2, 0.25) is 0 Å². The number of nitrogens with one attached hydrogen (secondary N) is 1. The Labute approximate surface area is 223 Å². The number of benzene rings is 1. The minimum absolute atomic E-state index is 0.215. The van der Waals surface area contributed by atoms with Crippen molar-refractivity contribution in [3.05, 3.63) is 58.5 Å². The van der Waals surface area contributed by atoms with Gasteiger partial charge in [0.1, 0.15) is 12.1 Å². The zero-order valence-electron chi connectivity index (χ0n) is 21.0. The molecule has 0 amide bonds. The molecule has 0 atom stereocenters. The van der Waals surface area contributed by atoms with E-state index in [2.05, 4.69) is 20.2 Å². The monoisotopic (exact) mass is 539 g/mol. The molecule has 2 aromatic rings. The highest BCUT2D eigenvalue weighted by atomic mass is 35.5. The van der Waals surface area contributed by atoms with Gasteiger partial charge in [0.25, 0.3) is 0 Å². The van der Waals surface area contributed by atoms with E-state index in [-0.39, 0.29) is 6.73 Å². The topological polar surface area (TPSA) is 104 Å². The third-order valence-electron chi connectivity index (χ3n) is 5.00. The SMILES string of the molecule is COCCN(CCCOc1cc(C)ncnc(Nc2ccc(Cl)c(Cl)c2)ccc1OC)CCOCN. The molecule has 9 nitrogen and oxygen atoms in total. The molecule has 0 fully saturated rings. The highest BCUT2D eigenvalue weighted by Gasteiger charge is 2.07. The van der Waals surface area contributed by atoms with Gasteiger partial charge < -0.3 is 30.0 Å². The Morgan fingerprint density at radius 2 is 1.72 bits per heavy atom. The van der Waals surface area contributed by atoms with Crippen LogP contribution in [-0.4, -0.2) is 75.3 Å². The summed E-state index contributed by atoms with van der Waals surface area (Å²) in [5, 5.41) is 4.12. The summed E-state index contributed by atoms with van der Waals surface area (Å²) in [6.07, 6.45) is 2.28. The van der Waals surface area contributed by atoms with Crippen LogP contribution < -0.4 is 20.5 Å². The molecule has 0 saturated heterocycles. The average molecular weight is 540 g/mol. The first-order chi connectivity index (χ1) is 17.5. The van der Waals surface area contributed by atoms with Crippen molar-refractivity contribution in [1.82, 2.24) is 14.9 Å². The lowest BCUT2D eigenvalue weighted by atomic mass is 10.3. The summed E-state index contributed by atoms with van der Waals surface area (Å²) in [6.45, 7) is 6.20. The predicted octanol–water partition coefficient (Wildman–Crippen LogP) is 4.62. The third kappa shape index (κ3) is 11.1. The molecule has 0 spiro atoms. The van der Waals surface area contributed by atoms with Crippen molar-refractivity contribution in [2.75, 3.05) is 65.7 Å². The summed E-state index contributed by atoms with van der Waals surface area (Å²) >= 11 is 12.1. The summed E-state index contributed by atoms with van der Waals surface area (Å²) in [7, 11) is 3.28. The number of rotatable bonds is 15. The second-order valence-corrected chi connectivity index (χ2v) is 8.49. The maximum Gasteiger partial charge on any atom is 0.162 e. The van der Waals surface area contributed by atoms with Gasteiger partial charge in [-0.1, -0.05) is 23.2 Å². The van der Waals surface area contributed by atoms with E-state index < -0.39 is 0 Å². The molecular weight excluding hydrogens is 505 g/mol. The number of hydrogen-bond donors (Lipinski definition) is 2. The molecule has 1 aromatic heterocycles. The van der Waals surface area contributed by atoms with Crippen LogP contribution in [0, 0.1) is 6.92 Å². The van der Waals surface area contributed by atoms with Crippen LogP contribution >= 0.6 is 23.2 Å². The lowest BCUT2D eigenvalue weighted by Crippen LogP contribution is -2.33. The van der Waals surface area contributed by atoms with Crippen molar-refractivity contribution in [2.24, 2.45) is 5.73 Å². The fourth-order valence-corrected chi connectivity index (χ4v) is 3.44. The van der Waals surface area contributed by atoms with Gasteiger partial charge in [0.05, 0.1) is 43.7 Å². The Kier molecular flexibility index (Phi) is 14.2. The minimum Gasteiger partial charge on any atom is -0.493 e. The first-order valence-corrected chi connectivity index (χ1v) is 12.3. The summed E-state index contributed by atoms with van der Waals surface area (Å²) < 4.78 is 22.2. The van der Waals surface area contributed by atoms with Crippen LogP contribution in [-0.2, 0) is 9.47 Å². The molecule has 0 aliphatic heterocycles. The van der Waals surface area contributed by atoms with Gasteiger partial charge >= 0.3 is 0 Å². The smallest absolute Gasteiger partial charge is 0.162 e. The average Bonchev–Trinajstić information content (AvgIpc) is 2.86. The van der Waals surface area contributed by atoms with Gasteiger partial charge in [-0.15, -0.1) is 0 Å². The van der Waals surface area contributed by atoms with Crippen LogP contribution in [0.15, 0.2) is 42.7 Å². The Morgan fingerprint density at radius 1 is 0.917 bits per heavy atom. The van der Waals surface area contributed by atoms with E-state index in [1.807, 2.05) is 19.1 Å². The fourth-order valence-electron chi connectivity index (χ4n) is 3.14. The lowest BCUT2D eigenvalue weighted by Gasteiger charge is -2.21. The van der Waals surface area contributed by atoms with Crippen LogP contribution in [0.5, 0.6) is 11.5 Å². The summed E-state index contributed by atoms with van der Waals surface area (Å²) in [5.41, 5.74) is 6.87. The van der Waals surface area contributed by atoms with E-state index in [1.54, 1.807) is 38.5 Å². The second-order valence-electron chi connectivity index (χ2n) is 7.68. The molecule has 36 heavy (non-hydrogen) atoms. The first kappa shape index (κ1) is 29.8. The zero-order chi connectivity index (χ0) is 26.2. The van der Waals surface area contributed by atoms with E-state index >= 15 is 0 Å². The van der Waals surface area contributed by atoms with Gasteiger partial charge in [-0.3, -0.25) is 4.90 Å². The van der Waals surface area contributed by atoms with Crippen molar-refractivity contribution in [3.8, 4) is 11.5 Å². The van der Waals surface area contributed by atoms with Gasteiger partial charge in [-0.2, -0.15) is 0 Å². The van der Waals surface area contributed by atoms with Crippen LogP contribution in [0.1, 0.15) is 12.1 Å². The lowest BCUT2D eigenvalue weighted by molar-refractivity contribution is 0.0887. The number of hydrogen-bond acceptors (Lipinski definition) is 9. The highest BCUT2D eigenvalue weighted by molar-refractivity contribution is 6.42. The normalized spacial score (nSPS) is 10.8. The maximum atomic E-state index is 6.13. The van der Waals surface area contributed by atoms with Gasteiger partial charge in [-0.05, 0) is 43.7 Å².